The molecule has 0 saturated carbocycles. The van der Waals surface area contributed by atoms with E-state index in [2.05, 4.69) is 27.5 Å². The molecule has 0 aromatic carbocycles. The monoisotopic (exact) mass is 233 g/mol. The zero-order valence-electron chi connectivity index (χ0n) is 5.37. The molecule has 0 unspecified atom stereocenters. The predicted octanol–water partition coefficient (Wildman–Crippen LogP) is 2.00. The molecular weight excluding hydrogens is 230 g/mol. The van der Waals surface area contributed by atoms with Crippen molar-refractivity contribution in [1.29, 1.82) is 0 Å². The van der Waals surface area contributed by atoms with Crippen LogP contribution in [0.5, 0.6) is 0 Å². The molecule has 0 spiro atoms. The summed E-state index contributed by atoms with van der Waals surface area (Å²) in [5, 5.41) is 10.1. The average molecular weight is 234 g/mol. The fraction of sp³-hybridized carbons (Fsp3) is 0. The minimum atomic E-state index is -1.04. The molecule has 0 atom stereocenters. The summed E-state index contributed by atoms with van der Waals surface area (Å²) in [5.74, 6) is -1.04. The molecule has 0 bridgehead atoms. The van der Waals surface area contributed by atoms with E-state index in [0.29, 0.717) is 9.61 Å². The number of hydrogen-bond donors (Lipinski definition) is 1. The van der Waals surface area contributed by atoms with Gasteiger partial charge in [-0.3, -0.25) is 0 Å². The first-order valence-corrected chi connectivity index (χ1v) is 4.32. The fourth-order valence-corrected chi connectivity index (χ4v) is 1.53. The van der Waals surface area contributed by atoms with Crippen molar-refractivity contribution in [3.63, 3.8) is 0 Å². The summed E-state index contributed by atoms with van der Waals surface area (Å²) in [6.07, 6.45) is 0. The zero-order chi connectivity index (χ0) is 8.43. The summed E-state index contributed by atoms with van der Waals surface area (Å²) in [6, 6.07) is 0. The number of carboxylic acids is 1. The Hall–Kier alpha value is -0.680. The van der Waals surface area contributed by atoms with E-state index in [1.165, 1.54) is 11.3 Å². The Morgan fingerprint density at radius 2 is 2.45 bits per heavy atom. The molecule has 0 radical (unpaired) electrons. The number of aromatic nitrogens is 1. The smallest absolute Gasteiger partial charge is 0.337 e. The van der Waals surface area contributed by atoms with Crippen LogP contribution in [0.15, 0.2) is 15.9 Å². The van der Waals surface area contributed by atoms with Crippen LogP contribution < -0.4 is 0 Å². The Morgan fingerprint density at radius 1 is 1.82 bits per heavy atom. The minimum Gasteiger partial charge on any atom is -0.478 e. The number of nitrogens with zero attached hydrogens (tertiary/aromatic N) is 1. The van der Waals surface area contributed by atoms with Crippen LogP contribution in [-0.4, -0.2) is 16.1 Å². The fourth-order valence-electron chi connectivity index (χ4n) is 0.500. The lowest BCUT2D eigenvalue weighted by atomic mass is 10.2. The highest BCUT2D eigenvalue weighted by molar-refractivity contribution is 9.11. The van der Waals surface area contributed by atoms with Gasteiger partial charge in [-0.25, -0.2) is 9.78 Å². The van der Waals surface area contributed by atoms with Crippen LogP contribution >= 0.6 is 27.3 Å². The molecule has 1 rings (SSSR count). The van der Waals surface area contributed by atoms with Crippen molar-refractivity contribution < 1.29 is 9.90 Å². The highest BCUT2D eigenvalue weighted by atomic mass is 79.9. The second kappa shape index (κ2) is 3.15. The largest absolute Gasteiger partial charge is 0.478 e. The van der Waals surface area contributed by atoms with Crippen LogP contribution in [0.25, 0.3) is 5.57 Å². The van der Waals surface area contributed by atoms with Crippen molar-refractivity contribution in [1.82, 2.24) is 4.98 Å². The van der Waals surface area contributed by atoms with Crippen LogP contribution in [0.1, 0.15) is 5.69 Å². The number of thiazole rings is 1. The predicted molar refractivity (Wildman–Crippen MR) is 46.5 cm³/mol. The van der Waals surface area contributed by atoms with Gasteiger partial charge in [0.1, 0.15) is 0 Å². The number of aliphatic carboxylic acids is 1. The van der Waals surface area contributed by atoms with Gasteiger partial charge in [0.25, 0.3) is 0 Å². The van der Waals surface area contributed by atoms with Crippen molar-refractivity contribution >= 4 is 38.8 Å². The van der Waals surface area contributed by atoms with Crippen molar-refractivity contribution in [3.05, 3.63) is 21.6 Å². The molecule has 1 aromatic rings. The second-order valence-electron chi connectivity index (χ2n) is 1.77. The summed E-state index contributed by atoms with van der Waals surface area (Å²) in [4.78, 5) is 14.2. The van der Waals surface area contributed by atoms with Gasteiger partial charge >= 0.3 is 5.97 Å². The average Bonchev–Trinajstić information content (AvgIpc) is 2.34. The van der Waals surface area contributed by atoms with E-state index in [1.807, 2.05) is 0 Å². The van der Waals surface area contributed by atoms with Crippen LogP contribution in [0.2, 0.25) is 0 Å². The van der Waals surface area contributed by atoms with Gasteiger partial charge in [-0.15, -0.1) is 11.3 Å². The lowest BCUT2D eigenvalue weighted by Crippen LogP contribution is -1.97. The lowest BCUT2D eigenvalue weighted by Gasteiger charge is -1.90. The highest BCUT2D eigenvalue weighted by Crippen LogP contribution is 2.20. The third kappa shape index (κ3) is 1.87. The number of carboxylic acid groups (broad SMARTS) is 1. The molecule has 0 fully saturated rings. The normalized spacial score (nSPS) is 9.55. The van der Waals surface area contributed by atoms with Crippen molar-refractivity contribution in [2.45, 2.75) is 0 Å². The quantitative estimate of drug-likeness (QED) is 0.796. The molecule has 3 nitrogen and oxygen atoms in total. The minimum absolute atomic E-state index is 0.0203. The highest BCUT2D eigenvalue weighted by Gasteiger charge is 2.09. The summed E-state index contributed by atoms with van der Waals surface area (Å²) < 4.78 is 0.662. The van der Waals surface area contributed by atoms with Gasteiger partial charge in [0.15, 0.2) is 3.92 Å². The molecular formula is C6H4BrNO2S. The van der Waals surface area contributed by atoms with Gasteiger partial charge in [0.05, 0.1) is 11.3 Å². The van der Waals surface area contributed by atoms with E-state index in [1.54, 1.807) is 5.38 Å². The van der Waals surface area contributed by atoms with Gasteiger partial charge in [0.2, 0.25) is 0 Å². The topological polar surface area (TPSA) is 50.2 Å². The standard InChI is InChI=1S/C6H4BrNO2S/c1-3(5(9)10)4-2-11-6(7)8-4/h2H,1H2,(H,9,10). The van der Waals surface area contributed by atoms with Crippen LogP contribution in [0, 0.1) is 0 Å². The van der Waals surface area contributed by atoms with E-state index >= 15 is 0 Å². The van der Waals surface area contributed by atoms with Crippen LogP contribution in [0.3, 0.4) is 0 Å². The van der Waals surface area contributed by atoms with E-state index in [-0.39, 0.29) is 5.57 Å². The summed E-state index contributed by atoms with van der Waals surface area (Å²) in [7, 11) is 0. The zero-order valence-corrected chi connectivity index (χ0v) is 7.78. The Morgan fingerprint density at radius 3 is 2.82 bits per heavy atom. The molecule has 5 heteroatoms. The molecule has 0 saturated heterocycles. The Labute approximate surface area is 75.5 Å². The first kappa shape index (κ1) is 8.42. The maximum Gasteiger partial charge on any atom is 0.337 e. The Kier molecular flexibility index (Phi) is 2.41. The van der Waals surface area contributed by atoms with E-state index in [4.69, 9.17) is 5.11 Å². The molecule has 11 heavy (non-hydrogen) atoms. The maximum absolute atomic E-state index is 10.4. The number of halogens is 1. The molecule has 1 N–H and O–H groups in total. The SMILES string of the molecule is C=C(C(=O)O)c1csc(Br)n1. The second-order valence-corrected chi connectivity index (χ2v) is 3.90. The van der Waals surface area contributed by atoms with Crippen LogP contribution in [-0.2, 0) is 4.79 Å². The van der Waals surface area contributed by atoms with Gasteiger partial charge in [0, 0.05) is 5.38 Å². The molecule has 1 aromatic heterocycles. The first-order chi connectivity index (χ1) is 5.11. The van der Waals surface area contributed by atoms with Gasteiger partial charge in [-0.1, -0.05) is 6.58 Å². The van der Waals surface area contributed by atoms with Crippen molar-refractivity contribution in [2.24, 2.45) is 0 Å². The Bertz CT molecular complexity index is 307. The first-order valence-electron chi connectivity index (χ1n) is 2.65. The molecule has 0 aliphatic rings. The maximum atomic E-state index is 10.4. The van der Waals surface area contributed by atoms with E-state index in [9.17, 15) is 4.79 Å². The lowest BCUT2D eigenvalue weighted by molar-refractivity contribution is -0.130. The Balaban J connectivity index is 2.94. The molecule has 0 aliphatic heterocycles. The van der Waals surface area contributed by atoms with E-state index < -0.39 is 5.97 Å². The van der Waals surface area contributed by atoms with Gasteiger partial charge in [-0.05, 0) is 15.9 Å². The van der Waals surface area contributed by atoms with Crippen molar-refractivity contribution in [2.75, 3.05) is 0 Å². The number of hydrogen-bond acceptors (Lipinski definition) is 3. The molecule has 1 heterocycles. The number of carbonyl (C=O) groups is 1. The van der Waals surface area contributed by atoms with Crippen molar-refractivity contribution in [3.8, 4) is 0 Å². The van der Waals surface area contributed by atoms with Gasteiger partial charge in [-0.2, -0.15) is 0 Å². The summed E-state index contributed by atoms with van der Waals surface area (Å²) in [5.41, 5.74) is 0.432. The molecule has 0 aliphatic carbocycles. The third-order valence-electron chi connectivity index (χ3n) is 1.04. The summed E-state index contributed by atoms with van der Waals surface area (Å²) >= 11 is 4.45. The summed E-state index contributed by atoms with van der Waals surface area (Å²) in [6.45, 7) is 3.36. The molecule has 0 amide bonds. The third-order valence-corrected chi connectivity index (χ3v) is 2.41. The van der Waals surface area contributed by atoms with E-state index in [0.717, 1.165) is 0 Å². The molecule has 58 valence electrons. The van der Waals surface area contributed by atoms with Gasteiger partial charge < -0.3 is 5.11 Å². The number of rotatable bonds is 2. The van der Waals surface area contributed by atoms with Crippen LogP contribution in [0.4, 0.5) is 0 Å².